The van der Waals surface area contributed by atoms with Crippen molar-refractivity contribution in [1.82, 2.24) is 0 Å². The first-order chi connectivity index (χ1) is 10.9. The number of aryl methyl sites for hydroxylation is 1. The Hall–Kier alpha value is -2.76. The van der Waals surface area contributed by atoms with Gasteiger partial charge in [-0.1, -0.05) is 12.1 Å². The van der Waals surface area contributed by atoms with Gasteiger partial charge in [0.15, 0.2) is 0 Å². The molecule has 0 spiro atoms. The predicted molar refractivity (Wildman–Crippen MR) is 84.1 cm³/mol. The highest BCUT2D eigenvalue weighted by molar-refractivity contribution is 5.93. The van der Waals surface area contributed by atoms with Crippen molar-refractivity contribution in [2.24, 2.45) is 0 Å². The summed E-state index contributed by atoms with van der Waals surface area (Å²) in [6.45, 7) is 1.33. The lowest BCUT2D eigenvalue weighted by atomic mass is 10.1. The van der Waals surface area contributed by atoms with E-state index in [0.717, 1.165) is 6.07 Å². The van der Waals surface area contributed by atoms with Crippen molar-refractivity contribution >= 4 is 23.2 Å². The molecule has 0 aromatic heterocycles. The Bertz CT molecular complexity index is 732. The van der Waals surface area contributed by atoms with E-state index in [-0.39, 0.29) is 23.8 Å². The molecule has 0 aliphatic rings. The van der Waals surface area contributed by atoms with E-state index < -0.39 is 11.7 Å². The summed E-state index contributed by atoms with van der Waals surface area (Å²) in [5, 5.41) is 4.96. The number of rotatable bonds is 5. The quantitative estimate of drug-likeness (QED) is 0.886. The monoisotopic (exact) mass is 318 g/mol. The molecule has 0 radical (unpaired) electrons. The van der Waals surface area contributed by atoms with Crippen molar-refractivity contribution in [3.8, 4) is 0 Å². The van der Waals surface area contributed by atoms with Gasteiger partial charge in [-0.2, -0.15) is 0 Å². The number of halogens is 2. The standard InChI is InChI=1S/C17H16F2N2O2/c1-11(22)20-14-6-7-15(19)16(10-14)21-17(23)8-5-12-3-2-4-13(18)9-12/h2-4,6-7,9-10H,5,8H2,1H3,(H,20,22)(H,21,23). The SMILES string of the molecule is CC(=O)Nc1ccc(F)c(NC(=O)CCc2cccc(F)c2)c1. The average Bonchev–Trinajstić information content (AvgIpc) is 2.48. The number of hydrogen-bond acceptors (Lipinski definition) is 2. The Balaban J connectivity index is 1.98. The second-order valence-electron chi connectivity index (χ2n) is 5.05. The van der Waals surface area contributed by atoms with Gasteiger partial charge in [-0.15, -0.1) is 0 Å². The highest BCUT2D eigenvalue weighted by Crippen LogP contribution is 2.20. The zero-order valence-corrected chi connectivity index (χ0v) is 12.5. The van der Waals surface area contributed by atoms with Crippen molar-refractivity contribution in [2.45, 2.75) is 19.8 Å². The van der Waals surface area contributed by atoms with Crippen molar-refractivity contribution in [2.75, 3.05) is 10.6 Å². The van der Waals surface area contributed by atoms with Gasteiger partial charge in [0, 0.05) is 19.0 Å². The molecule has 4 nitrogen and oxygen atoms in total. The summed E-state index contributed by atoms with van der Waals surface area (Å²) in [4.78, 5) is 22.9. The summed E-state index contributed by atoms with van der Waals surface area (Å²) < 4.78 is 26.8. The summed E-state index contributed by atoms with van der Waals surface area (Å²) in [5.74, 6) is -1.65. The van der Waals surface area contributed by atoms with E-state index in [0.29, 0.717) is 17.7 Å². The second kappa shape index (κ2) is 7.49. The van der Waals surface area contributed by atoms with Crippen molar-refractivity contribution < 1.29 is 18.4 Å². The van der Waals surface area contributed by atoms with E-state index in [1.807, 2.05) is 0 Å². The highest BCUT2D eigenvalue weighted by Gasteiger charge is 2.09. The zero-order chi connectivity index (χ0) is 16.8. The minimum Gasteiger partial charge on any atom is -0.326 e. The van der Waals surface area contributed by atoms with Gasteiger partial charge < -0.3 is 10.6 Å². The third kappa shape index (κ3) is 5.18. The van der Waals surface area contributed by atoms with Crippen molar-refractivity contribution in [3.63, 3.8) is 0 Å². The molecule has 2 N–H and O–H groups in total. The van der Waals surface area contributed by atoms with Crippen LogP contribution in [0.15, 0.2) is 42.5 Å². The maximum atomic E-state index is 13.7. The third-order valence-electron chi connectivity index (χ3n) is 3.09. The van der Waals surface area contributed by atoms with Gasteiger partial charge in [0.25, 0.3) is 0 Å². The molecule has 120 valence electrons. The number of amides is 2. The maximum Gasteiger partial charge on any atom is 0.224 e. The molecule has 0 aliphatic heterocycles. The summed E-state index contributed by atoms with van der Waals surface area (Å²) >= 11 is 0. The number of carbonyl (C=O) groups is 2. The van der Waals surface area contributed by atoms with Crippen LogP contribution < -0.4 is 10.6 Å². The van der Waals surface area contributed by atoms with E-state index in [1.54, 1.807) is 12.1 Å². The number of hydrogen-bond donors (Lipinski definition) is 2. The normalized spacial score (nSPS) is 10.2. The van der Waals surface area contributed by atoms with E-state index in [1.165, 1.54) is 31.2 Å². The molecule has 2 aromatic carbocycles. The van der Waals surface area contributed by atoms with Crippen LogP contribution in [0, 0.1) is 11.6 Å². The van der Waals surface area contributed by atoms with Gasteiger partial charge in [-0.05, 0) is 42.3 Å². The van der Waals surface area contributed by atoms with E-state index >= 15 is 0 Å². The van der Waals surface area contributed by atoms with Crippen LogP contribution in [0.25, 0.3) is 0 Å². The highest BCUT2D eigenvalue weighted by atomic mass is 19.1. The van der Waals surface area contributed by atoms with Crippen LogP contribution in [-0.4, -0.2) is 11.8 Å². The van der Waals surface area contributed by atoms with Crippen LogP contribution in [0.3, 0.4) is 0 Å². The number of anilines is 2. The minimum atomic E-state index is -0.599. The molecule has 0 saturated heterocycles. The Kier molecular flexibility index (Phi) is 5.41. The first-order valence-corrected chi connectivity index (χ1v) is 7.05. The fourth-order valence-corrected chi connectivity index (χ4v) is 2.07. The molecule has 0 fully saturated rings. The van der Waals surface area contributed by atoms with E-state index in [2.05, 4.69) is 10.6 Å². The molecular weight excluding hydrogens is 302 g/mol. The van der Waals surface area contributed by atoms with Crippen molar-refractivity contribution in [1.29, 1.82) is 0 Å². The first kappa shape index (κ1) is 16.6. The van der Waals surface area contributed by atoms with Gasteiger partial charge in [0.05, 0.1) is 5.69 Å². The number of nitrogens with one attached hydrogen (secondary N) is 2. The molecular formula is C17H16F2N2O2. The third-order valence-corrected chi connectivity index (χ3v) is 3.09. The lowest BCUT2D eigenvalue weighted by Crippen LogP contribution is -2.14. The molecule has 0 unspecified atom stereocenters. The van der Waals surface area contributed by atoms with Crippen LogP contribution in [0.2, 0.25) is 0 Å². The summed E-state index contributed by atoms with van der Waals surface area (Å²) in [5.41, 5.74) is 1.06. The van der Waals surface area contributed by atoms with Crippen LogP contribution in [0.5, 0.6) is 0 Å². The van der Waals surface area contributed by atoms with Crippen LogP contribution in [0.1, 0.15) is 18.9 Å². The second-order valence-corrected chi connectivity index (χ2v) is 5.05. The predicted octanol–water partition coefficient (Wildman–Crippen LogP) is 3.49. The summed E-state index contributed by atoms with van der Waals surface area (Å²) in [7, 11) is 0. The molecule has 0 atom stereocenters. The average molecular weight is 318 g/mol. The van der Waals surface area contributed by atoms with E-state index in [4.69, 9.17) is 0 Å². The van der Waals surface area contributed by atoms with Crippen molar-refractivity contribution in [3.05, 3.63) is 59.7 Å². The fraction of sp³-hybridized carbons (Fsp3) is 0.176. The van der Waals surface area contributed by atoms with Gasteiger partial charge in [-0.25, -0.2) is 8.78 Å². The Labute approximate surface area is 132 Å². The molecule has 0 aliphatic carbocycles. The van der Waals surface area contributed by atoms with E-state index in [9.17, 15) is 18.4 Å². The molecule has 2 aromatic rings. The lowest BCUT2D eigenvalue weighted by molar-refractivity contribution is -0.116. The molecule has 0 heterocycles. The summed E-state index contributed by atoms with van der Waals surface area (Å²) in [6.07, 6.45) is 0.434. The van der Waals surface area contributed by atoms with Crippen LogP contribution >= 0.6 is 0 Å². The number of carbonyl (C=O) groups excluding carboxylic acids is 2. The number of benzene rings is 2. The maximum absolute atomic E-state index is 13.7. The zero-order valence-electron chi connectivity index (χ0n) is 12.5. The molecule has 6 heteroatoms. The minimum absolute atomic E-state index is 0.0134. The molecule has 0 bridgehead atoms. The van der Waals surface area contributed by atoms with Gasteiger partial charge >= 0.3 is 0 Å². The van der Waals surface area contributed by atoms with Gasteiger partial charge in [-0.3, -0.25) is 9.59 Å². The van der Waals surface area contributed by atoms with Gasteiger partial charge in [0.1, 0.15) is 11.6 Å². The molecule has 23 heavy (non-hydrogen) atoms. The topological polar surface area (TPSA) is 58.2 Å². The Morgan fingerprint density at radius 2 is 1.83 bits per heavy atom. The molecule has 0 saturated carbocycles. The Morgan fingerprint density at radius 3 is 2.52 bits per heavy atom. The summed E-state index contributed by atoms with van der Waals surface area (Å²) in [6, 6.07) is 9.87. The molecule has 2 rings (SSSR count). The first-order valence-electron chi connectivity index (χ1n) is 7.05. The Morgan fingerprint density at radius 1 is 1.04 bits per heavy atom. The van der Waals surface area contributed by atoms with Crippen LogP contribution in [0.4, 0.5) is 20.2 Å². The molecule has 2 amide bonds. The smallest absolute Gasteiger partial charge is 0.224 e. The van der Waals surface area contributed by atoms with Gasteiger partial charge in [0.2, 0.25) is 11.8 Å². The van der Waals surface area contributed by atoms with Crippen LogP contribution in [-0.2, 0) is 16.0 Å². The largest absolute Gasteiger partial charge is 0.326 e. The fourth-order valence-electron chi connectivity index (χ4n) is 2.07. The lowest BCUT2D eigenvalue weighted by Gasteiger charge is -2.09.